The second-order valence-electron chi connectivity index (χ2n) is 7.03. The number of nitrogens with zero attached hydrogens (tertiary/aromatic N) is 4. The minimum Gasteiger partial charge on any atom is -0.361 e. The fourth-order valence-electron chi connectivity index (χ4n) is 3.09. The van der Waals surface area contributed by atoms with Gasteiger partial charge in [-0.3, -0.25) is 9.78 Å². The largest absolute Gasteiger partial charge is 0.361 e. The number of thiazole rings is 1. The highest BCUT2D eigenvalue weighted by Gasteiger charge is 2.13. The molecule has 0 saturated carbocycles. The van der Waals surface area contributed by atoms with Crippen LogP contribution in [0.5, 0.6) is 0 Å². The average Bonchev–Trinajstić information content (AvgIpc) is 3.45. The van der Waals surface area contributed by atoms with Gasteiger partial charge in [-0.1, -0.05) is 35.5 Å². The van der Waals surface area contributed by atoms with Gasteiger partial charge in [0.05, 0.1) is 12.1 Å². The molecule has 0 atom stereocenters. The highest BCUT2D eigenvalue weighted by atomic mass is 32.1. The van der Waals surface area contributed by atoms with Crippen LogP contribution >= 0.6 is 11.3 Å². The molecule has 3 heterocycles. The van der Waals surface area contributed by atoms with E-state index in [-0.39, 0.29) is 5.91 Å². The molecule has 152 valence electrons. The van der Waals surface area contributed by atoms with Crippen LogP contribution in [0.15, 0.2) is 70.8 Å². The van der Waals surface area contributed by atoms with Crippen molar-refractivity contribution in [2.24, 2.45) is 0 Å². The lowest BCUT2D eigenvalue weighted by molar-refractivity contribution is -0.129. The molecule has 4 aromatic rings. The second-order valence-corrected chi connectivity index (χ2v) is 7.88. The van der Waals surface area contributed by atoms with Crippen LogP contribution in [0, 0.1) is 0 Å². The lowest BCUT2D eigenvalue weighted by Gasteiger charge is -2.16. The third kappa shape index (κ3) is 4.99. The number of carbonyl (C=O) groups is 1. The summed E-state index contributed by atoms with van der Waals surface area (Å²) < 4.78 is 5.43. The molecule has 0 aliphatic rings. The maximum absolute atomic E-state index is 12.5. The number of hydrogen-bond donors (Lipinski definition) is 0. The quantitative estimate of drug-likeness (QED) is 0.421. The first kappa shape index (κ1) is 20.0. The smallest absolute Gasteiger partial charge is 0.228 e. The highest BCUT2D eigenvalue weighted by Crippen LogP contribution is 2.23. The number of hydrogen-bond acceptors (Lipinski definition) is 6. The molecule has 3 aromatic heterocycles. The first-order chi connectivity index (χ1) is 14.7. The van der Waals surface area contributed by atoms with Gasteiger partial charge in [-0.2, -0.15) is 0 Å². The number of benzene rings is 1. The fourth-order valence-corrected chi connectivity index (χ4v) is 3.90. The zero-order valence-corrected chi connectivity index (χ0v) is 17.5. The fraction of sp³-hybridized carbons (Fsp3) is 0.217. The molecule has 1 aromatic carbocycles. The van der Waals surface area contributed by atoms with Gasteiger partial charge in [0.25, 0.3) is 0 Å². The maximum Gasteiger partial charge on any atom is 0.228 e. The molecule has 0 aliphatic heterocycles. The van der Waals surface area contributed by atoms with Crippen LogP contribution in [0.3, 0.4) is 0 Å². The average molecular weight is 419 g/mol. The molecule has 0 bridgehead atoms. The number of rotatable bonds is 8. The van der Waals surface area contributed by atoms with Crippen molar-refractivity contribution in [1.82, 2.24) is 20.0 Å². The van der Waals surface area contributed by atoms with E-state index in [1.165, 1.54) is 11.3 Å². The van der Waals surface area contributed by atoms with Crippen molar-refractivity contribution >= 4 is 17.2 Å². The third-order valence-corrected chi connectivity index (χ3v) is 5.70. The van der Waals surface area contributed by atoms with Crippen LogP contribution in [0.2, 0.25) is 0 Å². The molecule has 0 aliphatic carbocycles. The summed E-state index contributed by atoms with van der Waals surface area (Å²) in [4.78, 5) is 23.0. The number of carbonyl (C=O) groups excluding carboxylic acids is 1. The van der Waals surface area contributed by atoms with Gasteiger partial charge < -0.3 is 9.42 Å². The predicted molar refractivity (Wildman–Crippen MR) is 117 cm³/mol. The summed E-state index contributed by atoms with van der Waals surface area (Å²) in [7, 11) is 1.83. The summed E-state index contributed by atoms with van der Waals surface area (Å²) in [6, 6.07) is 15.8. The molecule has 0 unspecified atom stereocenters. The molecular weight excluding hydrogens is 396 g/mol. The lowest BCUT2D eigenvalue weighted by atomic mass is 10.1. The summed E-state index contributed by atoms with van der Waals surface area (Å²) in [5, 5.41) is 6.96. The van der Waals surface area contributed by atoms with E-state index in [1.807, 2.05) is 61.0 Å². The Bertz CT molecular complexity index is 1090. The molecule has 7 heteroatoms. The molecule has 0 N–H and O–H groups in total. The first-order valence-corrected chi connectivity index (χ1v) is 10.7. The Morgan fingerprint density at radius 2 is 1.97 bits per heavy atom. The number of amides is 1. The van der Waals surface area contributed by atoms with Gasteiger partial charge in [0, 0.05) is 55.0 Å². The minimum absolute atomic E-state index is 0.0561. The minimum atomic E-state index is 0.0561. The summed E-state index contributed by atoms with van der Waals surface area (Å²) in [6.07, 6.45) is 5.36. The van der Waals surface area contributed by atoms with Gasteiger partial charge >= 0.3 is 0 Å². The van der Waals surface area contributed by atoms with Crippen molar-refractivity contribution in [3.05, 3.63) is 77.8 Å². The zero-order chi connectivity index (χ0) is 20.8. The van der Waals surface area contributed by atoms with E-state index < -0.39 is 0 Å². The Morgan fingerprint density at radius 1 is 1.13 bits per heavy atom. The predicted octanol–water partition coefficient (Wildman–Crippen LogP) is 4.49. The van der Waals surface area contributed by atoms with E-state index in [0.29, 0.717) is 13.0 Å². The Labute approximate surface area is 179 Å². The van der Waals surface area contributed by atoms with Gasteiger partial charge in [0.1, 0.15) is 16.5 Å². The molecule has 1 amide bonds. The van der Waals surface area contributed by atoms with Crippen molar-refractivity contribution in [3.8, 4) is 21.8 Å². The molecule has 4 rings (SSSR count). The van der Waals surface area contributed by atoms with E-state index >= 15 is 0 Å². The molecular formula is C23H22N4O2S. The number of aryl methyl sites for hydroxylation is 1. The van der Waals surface area contributed by atoms with Crippen LogP contribution in [0.1, 0.15) is 17.9 Å². The molecule has 0 saturated heterocycles. The SMILES string of the molecule is CN(CCCc1cc(-c2ccccc2)no1)C(=O)Cc1csc(-c2cccnc2)n1. The topological polar surface area (TPSA) is 72.1 Å². The molecule has 0 radical (unpaired) electrons. The highest BCUT2D eigenvalue weighted by molar-refractivity contribution is 7.13. The molecule has 30 heavy (non-hydrogen) atoms. The number of aromatic nitrogens is 3. The monoisotopic (exact) mass is 418 g/mol. The van der Waals surface area contributed by atoms with Gasteiger partial charge in [-0.25, -0.2) is 4.98 Å². The van der Waals surface area contributed by atoms with E-state index in [0.717, 1.165) is 46.1 Å². The van der Waals surface area contributed by atoms with Gasteiger partial charge in [0.2, 0.25) is 5.91 Å². The van der Waals surface area contributed by atoms with Crippen molar-refractivity contribution in [2.75, 3.05) is 13.6 Å². The summed E-state index contributed by atoms with van der Waals surface area (Å²) in [5.41, 5.74) is 3.63. The Morgan fingerprint density at radius 3 is 2.77 bits per heavy atom. The van der Waals surface area contributed by atoms with E-state index in [1.54, 1.807) is 17.3 Å². The van der Waals surface area contributed by atoms with Crippen LogP contribution in [0.25, 0.3) is 21.8 Å². The Balaban J connectivity index is 1.25. The van der Waals surface area contributed by atoms with Crippen molar-refractivity contribution < 1.29 is 9.32 Å². The van der Waals surface area contributed by atoms with Crippen molar-refractivity contribution in [1.29, 1.82) is 0 Å². The van der Waals surface area contributed by atoms with Crippen molar-refractivity contribution in [3.63, 3.8) is 0 Å². The zero-order valence-electron chi connectivity index (χ0n) is 16.7. The van der Waals surface area contributed by atoms with Gasteiger partial charge in [-0.05, 0) is 18.6 Å². The van der Waals surface area contributed by atoms with Gasteiger partial charge in [0.15, 0.2) is 0 Å². The second kappa shape index (κ2) is 9.45. The van der Waals surface area contributed by atoms with Crippen LogP contribution < -0.4 is 0 Å². The van der Waals surface area contributed by atoms with Crippen molar-refractivity contribution in [2.45, 2.75) is 19.3 Å². The van der Waals surface area contributed by atoms with Crippen LogP contribution in [-0.2, 0) is 17.6 Å². The number of pyridine rings is 1. The van der Waals surface area contributed by atoms with E-state index in [4.69, 9.17) is 4.52 Å². The maximum atomic E-state index is 12.5. The lowest BCUT2D eigenvalue weighted by Crippen LogP contribution is -2.29. The van der Waals surface area contributed by atoms with E-state index in [2.05, 4.69) is 15.1 Å². The molecule has 0 spiro atoms. The Kier molecular flexibility index (Phi) is 6.29. The van der Waals surface area contributed by atoms with Gasteiger partial charge in [-0.15, -0.1) is 11.3 Å². The third-order valence-electron chi connectivity index (χ3n) is 4.76. The normalized spacial score (nSPS) is 10.8. The first-order valence-electron chi connectivity index (χ1n) is 9.79. The Hall–Kier alpha value is -3.32. The standard InChI is InChI=1S/C23H22N4O2S/c1-27(12-6-10-20-14-21(26-29-20)17-7-3-2-4-8-17)22(28)13-19-16-30-23(25-19)18-9-5-11-24-15-18/h2-5,7-9,11,14-16H,6,10,12-13H2,1H3. The van der Waals surface area contributed by atoms with E-state index in [9.17, 15) is 4.79 Å². The molecule has 0 fully saturated rings. The summed E-state index contributed by atoms with van der Waals surface area (Å²) >= 11 is 1.53. The van der Waals surface area contributed by atoms with Crippen LogP contribution in [0.4, 0.5) is 0 Å². The summed E-state index contributed by atoms with van der Waals surface area (Å²) in [5.74, 6) is 0.885. The number of likely N-dealkylation sites (N-methyl/N-ethyl adjacent to an activating group) is 1. The summed E-state index contributed by atoms with van der Waals surface area (Å²) in [6.45, 7) is 0.653. The molecule has 6 nitrogen and oxygen atoms in total. The van der Waals surface area contributed by atoms with Crippen LogP contribution in [-0.4, -0.2) is 39.5 Å².